The van der Waals surface area contributed by atoms with E-state index in [2.05, 4.69) is 37.9 Å². The lowest BCUT2D eigenvalue weighted by molar-refractivity contribution is 0.101. The molecule has 1 rings (SSSR count). The van der Waals surface area contributed by atoms with Crippen LogP contribution in [0.2, 0.25) is 0 Å². The minimum atomic E-state index is 0.683. The lowest BCUT2D eigenvalue weighted by atomic mass is 9.91. The zero-order chi connectivity index (χ0) is 11.3. The second-order valence-corrected chi connectivity index (χ2v) is 5.02. The first-order chi connectivity index (χ1) is 7.19. The summed E-state index contributed by atoms with van der Waals surface area (Å²) in [6.07, 6.45) is 4.04. The SMILES string of the molecule is CCNC(CC)CN1CCCC(C)C1C. The normalized spacial score (nSPS) is 30.4. The Bertz CT molecular complexity index is 170. The molecule has 0 aromatic carbocycles. The van der Waals surface area contributed by atoms with Crippen LogP contribution in [0.5, 0.6) is 0 Å². The number of hydrogen-bond acceptors (Lipinski definition) is 2. The standard InChI is InChI=1S/C13H28N2/c1-5-13(14-6-2)10-15-9-7-8-11(3)12(15)4/h11-14H,5-10H2,1-4H3. The molecular weight excluding hydrogens is 184 g/mol. The largest absolute Gasteiger partial charge is 0.313 e. The maximum absolute atomic E-state index is 3.57. The summed E-state index contributed by atoms with van der Waals surface area (Å²) in [5.41, 5.74) is 0. The highest BCUT2D eigenvalue weighted by Gasteiger charge is 2.25. The molecule has 1 aliphatic rings. The first kappa shape index (κ1) is 13.0. The van der Waals surface area contributed by atoms with Gasteiger partial charge in [-0.1, -0.05) is 20.8 Å². The highest BCUT2D eigenvalue weighted by atomic mass is 15.2. The van der Waals surface area contributed by atoms with E-state index in [-0.39, 0.29) is 0 Å². The van der Waals surface area contributed by atoms with E-state index in [1.165, 1.54) is 32.4 Å². The highest BCUT2D eigenvalue weighted by Crippen LogP contribution is 2.22. The van der Waals surface area contributed by atoms with Gasteiger partial charge in [0.2, 0.25) is 0 Å². The van der Waals surface area contributed by atoms with Gasteiger partial charge in [0.25, 0.3) is 0 Å². The van der Waals surface area contributed by atoms with E-state index < -0.39 is 0 Å². The summed E-state index contributed by atoms with van der Waals surface area (Å²) < 4.78 is 0. The van der Waals surface area contributed by atoms with Crippen molar-refractivity contribution in [1.82, 2.24) is 10.2 Å². The summed E-state index contributed by atoms with van der Waals surface area (Å²) in [6.45, 7) is 12.9. The smallest absolute Gasteiger partial charge is 0.0192 e. The monoisotopic (exact) mass is 212 g/mol. The molecule has 2 nitrogen and oxygen atoms in total. The van der Waals surface area contributed by atoms with Gasteiger partial charge in [-0.05, 0) is 45.2 Å². The number of rotatable bonds is 5. The zero-order valence-electron chi connectivity index (χ0n) is 10.9. The number of nitrogens with one attached hydrogen (secondary N) is 1. The number of hydrogen-bond donors (Lipinski definition) is 1. The van der Waals surface area contributed by atoms with Crippen LogP contribution in [0.4, 0.5) is 0 Å². The molecule has 0 aromatic rings. The predicted molar refractivity (Wildman–Crippen MR) is 67.2 cm³/mol. The van der Waals surface area contributed by atoms with Gasteiger partial charge < -0.3 is 5.32 Å². The molecule has 2 heteroatoms. The molecule has 1 heterocycles. The fraction of sp³-hybridized carbons (Fsp3) is 1.00. The minimum absolute atomic E-state index is 0.683. The second-order valence-electron chi connectivity index (χ2n) is 5.02. The van der Waals surface area contributed by atoms with Gasteiger partial charge in [0.15, 0.2) is 0 Å². The molecule has 3 unspecified atom stereocenters. The molecule has 0 aliphatic carbocycles. The van der Waals surface area contributed by atoms with Crippen molar-refractivity contribution in [1.29, 1.82) is 0 Å². The second kappa shape index (κ2) is 6.49. The van der Waals surface area contributed by atoms with Gasteiger partial charge in [-0.25, -0.2) is 0 Å². The van der Waals surface area contributed by atoms with Gasteiger partial charge in [0.1, 0.15) is 0 Å². The van der Waals surface area contributed by atoms with E-state index in [1.54, 1.807) is 0 Å². The third-order valence-electron chi connectivity index (χ3n) is 3.94. The molecule has 1 N–H and O–H groups in total. The van der Waals surface area contributed by atoms with Crippen LogP contribution in [0, 0.1) is 5.92 Å². The molecule has 3 atom stereocenters. The van der Waals surface area contributed by atoms with Gasteiger partial charge in [0.05, 0.1) is 0 Å². The minimum Gasteiger partial charge on any atom is -0.313 e. The number of likely N-dealkylation sites (tertiary alicyclic amines) is 1. The third kappa shape index (κ3) is 3.76. The van der Waals surface area contributed by atoms with Crippen LogP contribution < -0.4 is 5.32 Å². The maximum Gasteiger partial charge on any atom is 0.0192 e. The van der Waals surface area contributed by atoms with E-state index in [1.807, 2.05) is 0 Å². The van der Waals surface area contributed by atoms with E-state index in [0.29, 0.717) is 6.04 Å². The van der Waals surface area contributed by atoms with Crippen LogP contribution >= 0.6 is 0 Å². The molecule has 0 radical (unpaired) electrons. The molecule has 1 saturated heterocycles. The molecule has 0 aromatic heterocycles. The van der Waals surface area contributed by atoms with Gasteiger partial charge in [0, 0.05) is 18.6 Å². The summed E-state index contributed by atoms with van der Waals surface area (Å²) in [5.74, 6) is 0.873. The fourth-order valence-corrected chi connectivity index (χ4v) is 2.59. The Hall–Kier alpha value is -0.0800. The summed E-state index contributed by atoms with van der Waals surface area (Å²) >= 11 is 0. The first-order valence-electron chi connectivity index (χ1n) is 6.66. The maximum atomic E-state index is 3.57. The van der Waals surface area contributed by atoms with Crippen molar-refractivity contribution < 1.29 is 0 Å². The Balaban J connectivity index is 2.40. The molecule has 90 valence electrons. The van der Waals surface area contributed by atoms with Crippen molar-refractivity contribution in [2.24, 2.45) is 5.92 Å². The van der Waals surface area contributed by atoms with Crippen molar-refractivity contribution in [2.45, 2.75) is 59.0 Å². The molecule has 0 bridgehead atoms. The summed E-state index contributed by atoms with van der Waals surface area (Å²) in [6, 6.07) is 1.45. The predicted octanol–water partition coefficient (Wildman–Crippen LogP) is 2.49. The average molecular weight is 212 g/mol. The Kier molecular flexibility index (Phi) is 5.62. The van der Waals surface area contributed by atoms with Crippen LogP contribution in [0.25, 0.3) is 0 Å². The lowest BCUT2D eigenvalue weighted by Crippen LogP contribution is -2.49. The highest BCUT2D eigenvalue weighted by molar-refractivity contribution is 4.81. The van der Waals surface area contributed by atoms with Gasteiger partial charge >= 0.3 is 0 Å². The topological polar surface area (TPSA) is 15.3 Å². The van der Waals surface area contributed by atoms with Crippen molar-refractivity contribution >= 4 is 0 Å². The molecular formula is C13H28N2. The Morgan fingerprint density at radius 2 is 2.07 bits per heavy atom. The molecule has 1 aliphatic heterocycles. The summed E-state index contributed by atoms with van der Waals surface area (Å²) in [4.78, 5) is 2.67. The number of nitrogens with zero attached hydrogens (tertiary/aromatic N) is 1. The fourth-order valence-electron chi connectivity index (χ4n) is 2.59. The van der Waals surface area contributed by atoms with Crippen molar-refractivity contribution in [3.05, 3.63) is 0 Å². The number of piperidine rings is 1. The quantitative estimate of drug-likeness (QED) is 0.753. The Labute approximate surface area is 95.4 Å². The van der Waals surface area contributed by atoms with Gasteiger partial charge in [-0.3, -0.25) is 4.90 Å². The number of likely N-dealkylation sites (N-methyl/N-ethyl adjacent to an activating group) is 1. The van der Waals surface area contributed by atoms with Crippen LogP contribution in [0.1, 0.15) is 47.0 Å². The van der Waals surface area contributed by atoms with E-state index in [0.717, 1.165) is 18.5 Å². The summed E-state index contributed by atoms with van der Waals surface area (Å²) in [7, 11) is 0. The molecule has 0 spiro atoms. The molecule has 1 fully saturated rings. The van der Waals surface area contributed by atoms with E-state index in [9.17, 15) is 0 Å². The summed E-state index contributed by atoms with van der Waals surface area (Å²) in [5, 5.41) is 3.57. The third-order valence-corrected chi connectivity index (χ3v) is 3.94. The van der Waals surface area contributed by atoms with Gasteiger partial charge in [-0.2, -0.15) is 0 Å². The van der Waals surface area contributed by atoms with E-state index >= 15 is 0 Å². The average Bonchev–Trinajstić information content (AvgIpc) is 2.24. The van der Waals surface area contributed by atoms with Gasteiger partial charge in [-0.15, -0.1) is 0 Å². The van der Waals surface area contributed by atoms with Crippen molar-refractivity contribution in [2.75, 3.05) is 19.6 Å². The Morgan fingerprint density at radius 3 is 2.67 bits per heavy atom. The zero-order valence-corrected chi connectivity index (χ0v) is 10.9. The molecule has 0 amide bonds. The van der Waals surface area contributed by atoms with Crippen LogP contribution in [-0.2, 0) is 0 Å². The van der Waals surface area contributed by atoms with Crippen LogP contribution in [0.3, 0.4) is 0 Å². The first-order valence-corrected chi connectivity index (χ1v) is 6.66. The van der Waals surface area contributed by atoms with Crippen LogP contribution in [0.15, 0.2) is 0 Å². The lowest BCUT2D eigenvalue weighted by Gasteiger charge is -2.39. The van der Waals surface area contributed by atoms with E-state index in [4.69, 9.17) is 0 Å². The van der Waals surface area contributed by atoms with Crippen molar-refractivity contribution in [3.8, 4) is 0 Å². The molecule has 0 saturated carbocycles. The van der Waals surface area contributed by atoms with Crippen LogP contribution in [-0.4, -0.2) is 36.6 Å². The molecule has 15 heavy (non-hydrogen) atoms. The Morgan fingerprint density at radius 1 is 1.33 bits per heavy atom. The van der Waals surface area contributed by atoms with Crippen molar-refractivity contribution in [3.63, 3.8) is 0 Å².